The minimum Gasteiger partial charge on any atom is -0.455 e. The molecule has 0 spiro atoms. The molecule has 0 atom stereocenters. The molecule has 0 heterocycles. The lowest BCUT2D eigenvalue weighted by molar-refractivity contribution is -0.146. The molecule has 2 rings (SSSR count). The molecule has 0 aliphatic heterocycles. The van der Waals surface area contributed by atoms with Crippen molar-refractivity contribution in [3.05, 3.63) is 70.6 Å². The number of rotatable bonds is 8. The molecule has 2 aromatic carbocycles. The zero-order chi connectivity index (χ0) is 19.7. The second kappa shape index (κ2) is 9.86. The van der Waals surface area contributed by atoms with Crippen molar-refractivity contribution in [2.45, 2.75) is 0 Å². The number of carbonyl (C=O) groups excluding carboxylic acids is 2. The van der Waals surface area contributed by atoms with E-state index in [4.69, 9.17) is 16.3 Å². The molecule has 0 aliphatic rings. The average Bonchev–Trinajstić information content (AvgIpc) is 2.66. The molecule has 0 unspecified atom stereocenters. The lowest BCUT2D eigenvalue weighted by atomic mass is 10.2. The van der Waals surface area contributed by atoms with E-state index >= 15 is 0 Å². The summed E-state index contributed by atoms with van der Waals surface area (Å²) >= 11 is 5.74. The van der Waals surface area contributed by atoms with Gasteiger partial charge < -0.3 is 10.1 Å². The van der Waals surface area contributed by atoms with Crippen LogP contribution in [0.2, 0.25) is 5.02 Å². The molecular weight excluding hydrogens is 392 g/mol. The van der Waals surface area contributed by atoms with Gasteiger partial charge in [-0.25, -0.2) is 13.1 Å². The number of carbonyl (C=O) groups is 2. The Labute approximate surface area is 162 Å². The molecule has 2 aromatic rings. The summed E-state index contributed by atoms with van der Waals surface area (Å²) in [5.41, 5.74) is 1.19. The highest BCUT2D eigenvalue weighted by Crippen LogP contribution is 2.13. The standard InChI is InChI=1S/C18H17ClN2O5S/c19-15-6-8-16(9-7-15)21-17(22)13-26-18(23)12-20-27(24,25)11-10-14-4-2-1-3-5-14/h1-11,20H,12-13H2,(H,21,22)/b11-10+. The second-order valence-electron chi connectivity index (χ2n) is 5.30. The van der Waals surface area contributed by atoms with E-state index in [1.54, 1.807) is 48.5 Å². The molecule has 0 saturated carbocycles. The summed E-state index contributed by atoms with van der Waals surface area (Å²) in [6.45, 7) is -1.13. The maximum atomic E-state index is 11.8. The van der Waals surface area contributed by atoms with Gasteiger partial charge in [0.15, 0.2) is 6.61 Å². The molecule has 2 N–H and O–H groups in total. The fourth-order valence-corrected chi connectivity index (χ4v) is 2.74. The maximum Gasteiger partial charge on any atom is 0.321 e. The van der Waals surface area contributed by atoms with Gasteiger partial charge in [-0.3, -0.25) is 9.59 Å². The van der Waals surface area contributed by atoms with Gasteiger partial charge >= 0.3 is 5.97 Å². The fraction of sp³-hybridized carbons (Fsp3) is 0.111. The Morgan fingerprint density at radius 3 is 2.37 bits per heavy atom. The first kappa shape index (κ1) is 20.6. The zero-order valence-electron chi connectivity index (χ0n) is 14.1. The lowest BCUT2D eigenvalue weighted by Gasteiger charge is -2.07. The van der Waals surface area contributed by atoms with Crippen molar-refractivity contribution in [2.75, 3.05) is 18.5 Å². The van der Waals surface area contributed by atoms with Crippen molar-refractivity contribution in [3.63, 3.8) is 0 Å². The minimum atomic E-state index is -3.81. The van der Waals surface area contributed by atoms with Crippen LogP contribution in [-0.2, 0) is 24.3 Å². The highest BCUT2D eigenvalue weighted by atomic mass is 35.5. The van der Waals surface area contributed by atoms with Gasteiger partial charge in [0.25, 0.3) is 5.91 Å². The normalized spacial score (nSPS) is 11.3. The Kier molecular flexibility index (Phi) is 7.54. The van der Waals surface area contributed by atoms with Gasteiger partial charge in [0.05, 0.1) is 0 Å². The van der Waals surface area contributed by atoms with Crippen molar-refractivity contribution < 1.29 is 22.7 Å². The van der Waals surface area contributed by atoms with Crippen LogP contribution in [-0.4, -0.2) is 33.4 Å². The highest BCUT2D eigenvalue weighted by molar-refractivity contribution is 7.92. The van der Waals surface area contributed by atoms with E-state index in [9.17, 15) is 18.0 Å². The summed E-state index contributed by atoms with van der Waals surface area (Å²) in [5, 5.41) is 3.98. The predicted molar refractivity (Wildman–Crippen MR) is 103 cm³/mol. The van der Waals surface area contributed by atoms with Crippen LogP contribution >= 0.6 is 11.6 Å². The summed E-state index contributed by atoms with van der Waals surface area (Å²) in [6, 6.07) is 15.2. The molecule has 0 radical (unpaired) electrons. The van der Waals surface area contributed by atoms with Crippen LogP contribution in [0.4, 0.5) is 5.69 Å². The zero-order valence-corrected chi connectivity index (χ0v) is 15.7. The van der Waals surface area contributed by atoms with Crippen LogP contribution in [0.1, 0.15) is 5.56 Å². The van der Waals surface area contributed by atoms with Gasteiger partial charge in [0.1, 0.15) is 6.54 Å². The number of nitrogens with one attached hydrogen (secondary N) is 2. The predicted octanol–water partition coefficient (Wildman–Crippen LogP) is 2.41. The van der Waals surface area contributed by atoms with E-state index in [0.29, 0.717) is 16.3 Å². The third-order valence-corrected chi connectivity index (χ3v) is 4.44. The van der Waals surface area contributed by atoms with Gasteiger partial charge in [-0.15, -0.1) is 0 Å². The SMILES string of the molecule is O=C(COC(=O)CNS(=O)(=O)/C=C/c1ccccc1)Nc1ccc(Cl)cc1. The number of esters is 1. The topological polar surface area (TPSA) is 102 Å². The van der Waals surface area contributed by atoms with Crippen molar-refractivity contribution in [3.8, 4) is 0 Å². The first-order chi connectivity index (χ1) is 12.8. The minimum absolute atomic E-state index is 0.493. The molecule has 9 heteroatoms. The molecule has 142 valence electrons. The van der Waals surface area contributed by atoms with Crippen LogP contribution in [0.25, 0.3) is 6.08 Å². The number of benzene rings is 2. The van der Waals surface area contributed by atoms with Gasteiger partial charge in [-0.1, -0.05) is 41.9 Å². The Morgan fingerprint density at radius 1 is 1.04 bits per heavy atom. The van der Waals surface area contributed by atoms with Crippen LogP contribution in [0.3, 0.4) is 0 Å². The van der Waals surface area contributed by atoms with Crippen LogP contribution < -0.4 is 10.0 Å². The average molecular weight is 409 g/mol. The number of anilines is 1. The molecule has 1 amide bonds. The summed E-state index contributed by atoms with van der Waals surface area (Å²) < 4.78 is 30.4. The highest BCUT2D eigenvalue weighted by Gasteiger charge is 2.12. The number of hydrogen-bond donors (Lipinski definition) is 2. The Balaban J connectivity index is 1.74. The Morgan fingerprint density at radius 2 is 1.70 bits per heavy atom. The molecule has 0 saturated heterocycles. The summed E-state index contributed by atoms with van der Waals surface area (Å²) in [4.78, 5) is 23.3. The summed E-state index contributed by atoms with van der Waals surface area (Å²) in [5.74, 6) is -1.43. The first-order valence-corrected chi connectivity index (χ1v) is 9.70. The van der Waals surface area contributed by atoms with Gasteiger partial charge in [-0.05, 0) is 35.9 Å². The van der Waals surface area contributed by atoms with Crippen LogP contribution in [0.15, 0.2) is 60.0 Å². The second-order valence-corrected chi connectivity index (χ2v) is 7.38. The van der Waals surface area contributed by atoms with E-state index in [1.165, 1.54) is 6.08 Å². The Bertz CT molecular complexity index is 913. The van der Waals surface area contributed by atoms with E-state index < -0.39 is 35.1 Å². The van der Waals surface area contributed by atoms with Crippen LogP contribution in [0, 0.1) is 0 Å². The maximum absolute atomic E-state index is 11.8. The van der Waals surface area contributed by atoms with E-state index in [1.807, 2.05) is 6.07 Å². The lowest BCUT2D eigenvalue weighted by Crippen LogP contribution is -2.31. The van der Waals surface area contributed by atoms with E-state index in [0.717, 1.165) is 5.41 Å². The van der Waals surface area contributed by atoms with Gasteiger partial charge in [-0.2, -0.15) is 0 Å². The summed E-state index contributed by atoms with van der Waals surface area (Å²) in [7, 11) is -3.81. The third-order valence-electron chi connectivity index (χ3n) is 3.15. The molecule has 0 fully saturated rings. The first-order valence-electron chi connectivity index (χ1n) is 7.78. The van der Waals surface area contributed by atoms with Crippen molar-refractivity contribution in [1.82, 2.24) is 4.72 Å². The number of sulfonamides is 1. The smallest absolute Gasteiger partial charge is 0.321 e. The quantitative estimate of drug-likeness (QED) is 0.653. The van der Waals surface area contributed by atoms with Crippen molar-refractivity contribution in [2.24, 2.45) is 0 Å². The van der Waals surface area contributed by atoms with Crippen LogP contribution in [0.5, 0.6) is 0 Å². The third kappa shape index (κ3) is 8.04. The van der Waals surface area contributed by atoms with Crippen molar-refractivity contribution in [1.29, 1.82) is 0 Å². The van der Waals surface area contributed by atoms with Gasteiger partial charge in [0.2, 0.25) is 10.0 Å². The Hall–Kier alpha value is -2.68. The molecular formula is C18H17ClN2O5S. The number of amides is 1. The molecule has 27 heavy (non-hydrogen) atoms. The molecule has 0 bridgehead atoms. The molecule has 7 nitrogen and oxygen atoms in total. The number of halogens is 1. The van der Waals surface area contributed by atoms with E-state index in [2.05, 4.69) is 10.0 Å². The molecule has 0 aliphatic carbocycles. The summed E-state index contributed by atoms with van der Waals surface area (Å²) in [6.07, 6.45) is 1.40. The van der Waals surface area contributed by atoms with E-state index in [-0.39, 0.29) is 0 Å². The van der Waals surface area contributed by atoms with Crippen molar-refractivity contribution >= 4 is 45.3 Å². The molecule has 0 aromatic heterocycles. The van der Waals surface area contributed by atoms with Gasteiger partial charge in [0, 0.05) is 16.1 Å². The number of ether oxygens (including phenoxy) is 1. The largest absolute Gasteiger partial charge is 0.455 e. The monoisotopic (exact) mass is 408 g/mol. The fourth-order valence-electron chi connectivity index (χ4n) is 1.87. The number of hydrogen-bond acceptors (Lipinski definition) is 5.